The molecule has 0 bridgehead atoms. The number of rotatable bonds is 10. The fourth-order valence-electron chi connectivity index (χ4n) is 3.59. The number of aliphatic imine (C=N–C) groups is 1. The third kappa shape index (κ3) is 5.26. The number of nitrogens with one attached hydrogen (secondary N) is 2. The van der Waals surface area contributed by atoms with Gasteiger partial charge in [0.15, 0.2) is 0 Å². The van der Waals surface area contributed by atoms with E-state index in [1.165, 1.54) is 16.6 Å². The standard InChI is InChI=1S/C24H30N4O4S/c1-4-7-14-25-21-13-12-17(33(31,32)28(5-2)6-3)15-22(21)26-16-20-18-10-8-9-11-19(18)23(29)27-24(20)30/h8-13,15-16,25H,4-7,14H2,1-3H3,(H2,27,29,30). The normalized spacial score (nSPS) is 12.1. The average molecular weight is 471 g/mol. The van der Waals surface area contributed by atoms with E-state index in [-0.39, 0.29) is 10.8 Å². The van der Waals surface area contributed by atoms with Crippen LogP contribution >= 0.6 is 0 Å². The number of nitrogens with zero attached hydrogens (tertiary/aromatic N) is 2. The fraction of sp³-hybridized carbons (Fsp3) is 0.333. The van der Waals surface area contributed by atoms with Crippen LogP contribution in [0.3, 0.4) is 0 Å². The first kappa shape index (κ1) is 24.5. The fourth-order valence-corrected chi connectivity index (χ4v) is 5.07. The third-order valence-corrected chi connectivity index (χ3v) is 7.49. The molecule has 33 heavy (non-hydrogen) atoms. The Morgan fingerprint density at radius 1 is 1.09 bits per heavy atom. The van der Waals surface area contributed by atoms with E-state index in [4.69, 9.17) is 0 Å². The summed E-state index contributed by atoms with van der Waals surface area (Å²) in [6, 6.07) is 11.7. The largest absolute Gasteiger partial charge is 0.494 e. The first-order valence-corrected chi connectivity index (χ1v) is 12.5. The molecule has 0 aliphatic carbocycles. The zero-order chi connectivity index (χ0) is 24.0. The summed E-state index contributed by atoms with van der Waals surface area (Å²) in [6.45, 7) is 7.13. The van der Waals surface area contributed by atoms with Gasteiger partial charge in [-0.2, -0.15) is 4.31 Å². The smallest absolute Gasteiger partial charge is 0.258 e. The Bertz CT molecular complexity index is 1310. The Morgan fingerprint density at radius 2 is 1.79 bits per heavy atom. The number of aromatic amines is 1. The maximum Gasteiger partial charge on any atom is 0.258 e. The van der Waals surface area contributed by atoms with Crippen LogP contribution in [0.2, 0.25) is 0 Å². The summed E-state index contributed by atoms with van der Waals surface area (Å²) in [4.78, 5) is 19.3. The van der Waals surface area contributed by atoms with Crippen LogP contribution in [0.5, 0.6) is 5.88 Å². The van der Waals surface area contributed by atoms with Crippen molar-refractivity contribution >= 4 is 38.4 Å². The number of sulfonamides is 1. The van der Waals surface area contributed by atoms with E-state index >= 15 is 0 Å². The molecule has 0 saturated heterocycles. The van der Waals surface area contributed by atoms with Gasteiger partial charge in [-0.25, -0.2) is 8.42 Å². The molecule has 0 fully saturated rings. The number of benzene rings is 2. The summed E-state index contributed by atoms with van der Waals surface area (Å²) in [7, 11) is -3.66. The van der Waals surface area contributed by atoms with Crippen molar-refractivity contribution in [3.8, 4) is 5.88 Å². The first-order chi connectivity index (χ1) is 15.8. The predicted molar refractivity (Wildman–Crippen MR) is 133 cm³/mol. The Kier molecular flexibility index (Phi) is 7.88. The van der Waals surface area contributed by atoms with E-state index in [1.807, 2.05) is 0 Å². The molecule has 1 aromatic heterocycles. The monoisotopic (exact) mass is 470 g/mol. The lowest BCUT2D eigenvalue weighted by Gasteiger charge is -2.19. The molecule has 0 spiro atoms. The van der Waals surface area contributed by atoms with Crippen molar-refractivity contribution in [2.45, 2.75) is 38.5 Å². The summed E-state index contributed by atoms with van der Waals surface area (Å²) in [5.41, 5.74) is 1.07. The minimum absolute atomic E-state index is 0.148. The number of unbranched alkanes of at least 4 members (excludes halogenated alkanes) is 1. The second-order valence-corrected chi connectivity index (χ2v) is 9.51. The van der Waals surface area contributed by atoms with Crippen LogP contribution in [0.4, 0.5) is 11.4 Å². The van der Waals surface area contributed by atoms with Gasteiger partial charge in [-0.05, 0) is 30.7 Å². The van der Waals surface area contributed by atoms with Gasteiger partial charge in [0.05, 0.1) is 21.8 Å². The molecule has 2 aromatic carbocycles. The second-order valence-electron chi connectivity index (χ2n) is 7.57. The number of H-pyrrole nitrogens is 1. The number of pyridine rings is 1. The lowest BCUT2D eigenvalue weighted by atomic mass is 10.1. The number of anilines is 1. The van der Waals surface area contributed by atoms with E-state index < -0.39 is 15.6 Å². The molecule has 0 aliphatic heterocycles. The van der Waals surface area contributed by atoms with Crippen molar-refractivity contribution in [3.05, 3.63) is 58.4 Å². The zero-order valence-electron chi connectivity index (χ0n) is 19.1. The van der Waals surface area contributed by atoms with Crippen molar-refractivity contribution < 1.29 is 13.5 Å². The number of fused-ring (bicyclic) bond motifs is 1. The van der Waals surface area contributed by atoms with E-state index in [0.29, 0.717) is 47.3 Å². The van der Waals surface area contributed by atoms with Gasteiger partial charge in [-0.3, -0.25) is 14.8 Å². The Hall–Kier alpha value is -3.17. The molecule has 3 aromatic rings. The van der Waals surface area contributed by atoms with Gasteiger partial charge < -0.3 is 10.4 Å². The average Bonchev–Trinajstić information content (AvgIpc) is 2.80. The molecule has 8 nitrogen and oxygen atoms in total. The number of hydrogen-bond acceptors (Lipinski definition) is 6. The van der Waals surface area contributed by atoms with Crippen LogP contribution in [-0.4, -0.2) is 48.7 Å². The highest BCUT2D eigenvalue weighted by Crippen LogP contribution is 2.31. The summed E-state index contributed by atoms with van der Waals surface area (Å²) >= 11 is 0. The van der Waals surface area contributed by atoms with Gasteiger partial charge in [0.2, 0.25) is 15.9 Å². The zero-order valence-corrected chi connectivity index (χ0v) is 19.9. The van der Waals surface area contributed by atoms with E-state index in [9.17, 15) is 18.3 Å². The van der Waals surface area contributed by atoms with Gasteiger partial charge in [0.1, 0.15) is 0 Å². The maximum atomic E-state index is 13.0. The SMILES string of the molecule is CCCCNc1ccc(S(=O)(=O)N(CC)CC)cc1N=Cc1c(O)[nH]c(=O)c2ccccc12. The van der Waals surface area contributed by atoms with E-state index in [0.717, 1.165) is 12.8 Å². The minimum atomic E-state index is -3.66. The third-order valence-electron chi connectivity index (χ3n) is 5.44. The second kappa shape index (κ2) is 10.6. The van der Waals surface area contributed by atoms with Crippen molar-refractivity contribution in [3.63, 3.8) is 0 Å². The van der Waals surface area contributed by atoms with Crippen molar-refractivity contribution in [1.82, 2.24) is 9.29 Å². The number of hydrogen-bond donors (Lipinski definition) is 3. The molecule has 0 unspecified atom stereocenters. The maximum absolute atomic E-state index is 13.0. The predicted octanol–water partition coefficient (Wildman–Crippen LogP) is 4.23. The van der Waals surface area contributed by atoms with Crippen LogP contribution < -0.4 is 10.9 Å². The molecule has 0 amide bonds. The molecular formula is C24H30N4O4S. The summed E-state index contributed by atoms with van der Waals surface area (Å²) < 4.78 is 27.5. The Morgan fingerprint density at radius 3 is 2.45 bits per heavy atom. The lowest BCUT2D eigenvalue weighted by Crippen LogP contribution is -2.30. The highest BCUT2D eigenvalue weighted by Gasteiger charge is 2.22. The summed E-state index contributed by atoms with van der Waals surface area (Å²) in [5, 5.41) is 14.6. The molecule has 0 aliphatic rings. The van der Waals surface area contributed by atoms with E-state index in [2.05, 4.69) is 22.2 Å². The van der Waals surface area contributed by atoms with Crippen LogP contribution in [0.15, 0.2) is 57.1 Å². The van der Waals surface area contributed by atoms with Crippen LogP contribution in [0.25, 0.3) is 10.8 Å². The highest BCUT2D eigenvalue weighted by molar-refractivity contribution is 7.89. The van der Waals surface area contributed by atoms with Gasteiger partial charge in [0.25, 0.3) is 5.56 Å². The first-order valence-electron chi connectivity index (χ1n) is 11.1. The van der Waals surface area contributed by atoms with Crippen molar-refractivity contribution in [1.29, 1.82) is 0 Å². The molecule has 0 saturated carbocycles. The topological polar surface area (TPSA) is 115 Å². The van der Waals surface area contributed by atoms with Gasteiger partial charge >= 0.3 is 0 Å². The number of aromatic nitrogens is 1. The van der Waals surface area contributed by atoms with Crippen molar-refractivity contribution in [2.75, 3.05) is 25.0 Å². The molecule has 3 N–H and O–H groups in total. The van der Waals surface area contributed by atoms with E-state index in [1.54, 1.807) is 50.2 Å². The van der Waals surface area contributed by atoms with Gasteiger partial charge in [-0.1, -0.05) is 45.4 Å². The van der Waals surface area contributed by atoms with Crippen LogP contribution in [0, 0.1) is 0 Å². The summed E-state index contributed by atoms with van der Waals surface area (Å²) in [6.07, 6.45) is 3.41. The molecule has 176 valence electrons. The van der Waals surface area contributed by atoms with Crippen LogP contribution in [-0.2, 0) is 10.0 Å². The Labute approximate surface area is 194 Å². The van der Waals surface area contributed by atoms with Crippen molar-refractivity contribution in [2.24, 2.45) is 4.99 Å². The molecule has 1 heterocycles. The molecular weight excluding hydrogens is 440 g/mol. The molecule has 9 heteroatoms. The number of aromatic hydroxyl groups is 1. The minimum Gasteiger partial charge on any atom is -0.494 e. The Balaban J connectivity index is 2.11. The molecule has 3 rings (SSSR count). The van der Waals surface area contributed by atoms with Gasteiger partial charge in [-0.15, -0.1) is 0 Å². The quantitative estimate of drug-likeness (QED) is 0.303. The summed E-state index contributed by atoms with van der Waals surface area (Å²) in [5.74, 6) is -0.296. The molecule has 0 atom stereocenters. The van der Waals surface area contributed by atoms with Gasteiger partial charge in [0, 0.05) is 36.6 Å². The molecule has 0 radical (unpaired) electrons. The van der Waals surface area contributed by atoms with Crippen LogP contribution in [0.1, 0.15) is 39.2 Å². The lowest BCUT2D eigenvalue weighted by molar-refractivity contribution is 0.445. The highest BCUT2D eigenvalue weighted by atomic mass is 32.2.